The second-order valence-corrected chi connectivity index (χ2v) is 6.86. The normalized spacial score (nSPS) is 16.2. The van der Waals surface area contributed by atoms with Crippen molar-refractivity contribution in [1.29, 1.82) is 0 Å². The van der Waals surface area contributed by atoms with E-state index in [-0.39, 0.29) is 18.9 Å². The maximum Gasteiger partial charge on any atom is 0.311 e. The number of rotatable bonds is 5. The minimum absolute atomic E-state index is 0.00506. The van der Waals surface area contributed by atoms with Crippen molar-refractivity contribution in [3.63, 3.8) is 0 Å². The molecule has 2 aromatic rings. The Morgan fingerprint density at radius 3 is 2.57 bits per heavy atom. The maximum absolute atomic E-state index is 13.0. The molecule has 2 amide bonds. The van der Waals surface area contributed by atoms with Crippen LogP contribution in [0.3, 0.4) is 0 Å². The van der Waals surface area contributed by atoms with Crippen LogP contribution in [-0.4, -0.2) is 30.9 Å². The number of esters is 1. The largest absolute Gasteiger partial charge is 0.455 e. The van der Waals surface area contributed by atoms with E-state index >= 15 is 0 Å². The number of hydrogen-bond acceptors (Lipinski definition) is 4. The van der Waals surface area contributed by atoms with Crippen LogP contribution in [0.5, 0.6) is 0 Å². The van der Waals surface area contributed by atoms with Crippen LogP contribution < -0.4 is 10.2 Å². The molecule has 6 nitrogen and oxygen atoms in total. The Morgan fingerprint density at radius 1 is 1.18 bits per heavy atom. The summed E-state index contributed by atoms with van der Waals surface area (Å²) in [6, 6.07) is 11.1. The Labute approximate surface area is 162 Å². The van der Waals surface area contributed by atoms with Crippen LogP contribution in [0.25, 0.3) is 0 Å². The summed E-state index contributed by atoms with van der Waals surface area (Å²) in [6.45, 7) is 3.55. The van der Waals surface area contributed by atoms with Crippen LogP contribution in [-0.2, 0) is 19.1 Å². The third-order valence-corrected chi connectivity index (χ3v) is 4.60. The number of carbonyl (C=O) groups excluding carboxylic acids is 3. The number of anilines is 2. The minimum atomic E-state index is -0.661. The summed E-state index contributed by atoms with van der Waals surface area (Å²) in [6.07, 6.45) is -0.00506. The van der Waals surface area contributed by atoms with Crippen LogP contribution in [0.1, 0.15) is 17.5 Å². The van der Waals surface area contributed by atoms with Gasteiger partial charge in [-0.2, -0.15) is 0 Å². The number of amides is 2. The van der Waals surface area contributed by atoms with Gasteiger partial charge in [0.2, 0.25) is 5.91 Å². The number of aryl methyl sites for hydroxylation is 2. The summed E-state index contributed by atoms with van der Waals surface area (Å²) in [5, 5.41) is 2.70. The highest BCUT2D eigenvalue weighted by molar-refractivity contribution is 6.00. The molecule has 1 heterocycles. The molecule has 0 unspecified atom stereocenters. The van der Waals surface area contributed by atoms with Gasteiger partial charge in [0.25, 0.3) is 5.91 Å². The molecule has 0 saturated carbocycles. The lowest BCUT2D eigenvalue weighted by atomic mass is 10.1. The van der Waals surface area contributed by atoms with Gasteiger partial charge in [-0.3, -0.25) is 14.4 Å². The first-order chi connectivity index (χ1) is 13.3. The molecule has 7 heteroatoms. The molecule has 1 fully saturated rings. The Balaban J connectivity index is 1.53. The Morgan fingerprint density at radius 2 is 1.89 bits per heavy atom. The zero-order chi connectivity index (χ0) is 20.3. The van der Waals surface area contributed by atoms with Crippen LogP contribution in [0.4, 0.5) is 15.8 Å². The quantitative estimate of drug-likeness (QED) is 0.804. The van der Waals surface area contributed by atoms with Crippen molar-refractivity contribution in [1.82, 2.24) is 0 Å². The van der Waals surface area contributed by atoms with Crippen LogP contribution in [0, 0.1) is 25.6 Å². The summed E-state index contributed by atoms with van der Waals surface area (Å²) in [5.74, 6) is -2.35. The lowest BCUT2D eigenvalue weighted by molar-refractivity contribution is -0.151. The molecule has 0 aliphatic carbocycles. The van der Waals surface area contributed by atoms with E-state index in [9.17, 15) is 18.8 Å². The third-order valence-electron chi connectivity index (χ3n) is 4.60. The van der Waals surface area contributed by atoms with E-state index in [2.05, 4.69) is 5.32 Å². The first-order valence-corrected chi connectivity index (χ1v) is 8.93. The highest BCUT2D eigenvalue weighted by atomic mass is 19.1. The van der Waals surface area contributed by atoms with Crippen molar-refractivity contribution in [2.75, 3.05) is 23.4 Å². The SMILES string of the molecule is Cc1ccc(NC(=O)COC(=O)[C@H]2CC(=O)N(c3ccc(F)cc3)C2)c(C)c1. The molecule has 0 bridgehead atoms. The molecule has 2 aromatic carbocycles. The smallest absolute Gasteiger partial charge is 0.311 e. The molecule has 1 aliphatic heterocycles. The summed E-state index contributed by atoms with van der Waals surface area (Å²) in [4.78, 5) is 37.9. The average Bonchev–Trinajstić information content (AvgIpc) is 3.04. The summed E-state index contributed by atoms with van der Waals surface area (Å²) >= 11 is 0. The topological polar surface area (TPSA) is 75.7 Å². The van der Waals surface area contributed by atoms with Gasteiger partial charge in [0.1, 0.15) is 5.82 Å². The van der Waals surface area contributed by atoms with Gasteiger partial charge in [0.05, 0.1) is 5.92 Å². The van der Waals surface area contributed by atoms with E-state index in [1.165, 1.54) is 29.2 Å². The minimum Gasteiger partial charge on any atom is -0.455 e. The molecule has 3 rings (SSSR count). The second-order valence-electron chi connectivity index (χ2n) is 6.86. The van der Waals surface area contributed by atoms with Gasteiger partial charge in [-0.25, -0.2) is 4.39 Å². The molecule has 1 aliphatic rings. The number of halogens is 1. The molecule has 1 saturated heterocycles. The molecule has 0 spiro atoms. The average molecular weight is 384 g/mol. The Kier molecular flexibility index (Phi) is 5.73. The van der Waals surface area contributed by atoms with E-state index < -0.39 is 30.2 Å². The zero-order valence-corrected chi connectivity index (χ0v) is 15.7. The first kappa shape index (κ1) is 19.5. The van der Waals surface area contributed by atoms with Gasteiger partial charge in [0, 0.05) is 24.3 Å². The molecule has 0 aromatic heterocycles. The molecular weight excluding hydrogens is 363 g/mol. The summed E-state index contributed by atoms with van der Waals surface area (Å²) < 4.78 is 18.1. The van der Waals surface area contributed by atoms with E-state index in [0.717, 1.165) is 11.1 Å². The molecule has 1 atom stereocenters. The van der Waals surface area contributed by atoms with Gasteiger partial charge in [-0.1, -0.05) is 17.7 Å². The van der Waals surface area contributed by atoms with Crippen molar-refractivity contribution >= 4 is 29.2 Å². The van der Waals surface area contributed by atoms with Gasteiger partial charge in [-0.05, 0) is 49.7 Å². The predicted molar refractivity (Wildman–Crippen MR) is 102 cm³/mol. The van der Waals surface area contributed by atoms with Gasteiger partial charge < -0.3 is 15.0 Å². The molecule has 0 radical (unpaired) electrons. The fourth-order valence-corrected chi connectivity index (χ4v) is 3.13. The van der Waals surface area contributed by atoms with Crippen LogP contribution >= 0.6 is 0 Å². The van der Waals surface area contributed by atoms with E-state index in [4.69, 9.17) is 4.74 Å². The molecule has 146 valence electrons. The van der Waals surface area contributed by atoms with Crippen molar-refractivity contribution < 1.29 is 23.5 Å². The molecule has 28 heavy (non-hydrogen) atoms. The number of hydrogen-bond donors (Lipinski definition) is 1. The Bertz CT molecular complexity index is 911. The van der Waals surface area contributed by atoms with Crippen LogP contribution in [0.15, 0.2) is 42.5 Å². The van der Waals surface area contributed by atoms with Gasteiger partial charge >= 0.3 is 5.97 Å². The number of benzene rings is 2. The number of nitrogens with zero attached hydrogens (tertiary/aromatic N) is 1. The Hall–Kier alpha value is -3.22. The third kappa shape index (κ3) is 4.54. The van der Waals surface area contributed by atoms with Crippen molar-refractivity contribution in [3.8, 4) is 0 Å². The fourth-order valence-electron chi connectivity index (χ4n) is 3.13. The van der Waals surface area contributed by atoms with Crippen molar-refractivity contribution in [3.05, 3.63) is 59.4 Å². The highest BCUT2D eigenvalue weighted by Crippen LogP contribution is 2.26. The number of nitrogens with one attached hydrogen (secondary N) is 1. The highest BCUT2D eigenvalue weighted by Gasteiger charge is 2.36. The van der Waals surface area contributed by atoms with Crippen molar-refractivity contribution in [2.24, 2.45) is 5.92 Å². The number of ether oxygens (including phenoxy) is 1. The van der Waals surface area contributed by atoms with Gasteiger partial charge in [-0.15, -0.1) is 0 Å². The lowest BCUT2D eigenvalue weighted by Gasteiger charge is -2.16. The van der Waals surface area contributed by atoms with Crippen LogP contribution in [0.2, 0.25) is 0 Å². The van der Waals surface area contributed by atoms with Gasteiger partial charge in [0.15, 0.2) is 6.61 Å². The van der Waals surface area contributed by atoms with E-state index in [0.29, 0.717) is 11.4 Å². The first-order valence-electron chi connectivity index (χ1n) is 8.93. The molecule has 1 N–H and O–H groups in total. The van der Waals surface area contributed by atoms with E-state index in [1.54, 1.807) is 6.07 Å². The predicted octanol–water partition coefficient (Wildman–Crippen LogP) is 2.98. The maximum atomic E-state index is 13.0. The van der Waals surface area contributed by atoms with Crippen molar-refractivity contribution in [2.45, 2.75) is 20.3 Å². The number of carbonyl (C=O) groups is 3. The van der Waals surface area contributed by atoms with E-state index in [1.807, 2.05) is 26.0 Å². The summed E-state index contributed by atoms with van der Waals surface area (Å²) in [7, 11) is 0. The second kappa shape index (κ2) is 8.21. The molecular formula is C21H21FN2O4. The standard InChI is InChI=1S/C21H21FN2O4/c1-13-3-8-18(14(2)9-13)23-19(25)12-28-21(27)15-10-20(26)24(11-15)17-6-4-16(22)5-7-17/h3-9,15H,10-12H2,1-2H3,(H,23,25)/t15-/m0/s1. The monoisotopic (exact) mass is 384 g/mol. The fraction of sp³-hybridized carbons (Fsp3) is 0.286. The lowest BCUT2D eigenvalue weighted by Crippen LogP contribution is -2.28. The zero-order valence-electron chi connectivity index (χ0n) is 15.7. The summed E-state index contributed by atoms with van der Waals surface area (Å²) in [5.41, 5.74) is 3.18.